The van der Waals surface area contributed by atoms with Crippen LogP contribution in [0.25, 0.3) is 10.9 Å². The van der Waals surface area contributed by atoms with E-state index in [1.165, 1.54) is 35.9 Å². The summed E-state index contributed by atoms with van der Waals surface area (Å²) in [5.74, 6) is -0.239. The van der Waals surface area contributed by atoms with Crippen LogP contribution < -0.4 is 0 Å². The van der Waals surface area contributed by atoms with Gasteiger partial charge in [-0.3, -0.25) is 19.5 Å². The first-order chi connectivity index (χ1) is 7.52. The molecule has 16 heavy (non-hydrogen) atoms. The number of fused-ring (bicyclic) bond motifs is 1. The van der Waals surface area contributed by atoms with E-state index >= 15 is 0 Å². The molecule has 0 saturated heterocycles. The summed E-state index contributed by atoms with van der Waals surface area (Å²) in [4.78, 5) is 21.6. The lowest BCUT2D eigenvalue weighted by Crippen LogP contribution is -2.03. The number of nitro benzene ring substituents is 1. The summed E-state index contributed by atoms with van der Waals surface area (Å²) < 4.78 is 1.30. The van der Waals surface area contributed by atoms with Crippen molar-refractivity contribution in [2.24, 2.45) is 0 Å². The highest BCUT2D eigenvalue weighted by atomic mass is 35.5. The number of nitro groups is 1. The minimum atomic E-state index is -0.497. The second-order valence-corrected chi connectivity index (χ2v) is 3.70. The van der Waals surface area contributed by atoms with Crippen LogP contribution in [0.5, 0.6) is 0 Å². The maximum atomic E-state index is 11.3. The van der Waals surface area contributed by atoms with Crippen molar-refractivity contribution in [2.75, 3.05) is 0 Å². The third-order valence-corrected chi connectivity index (χ3v) is 2.62. The van der Waals surface area contributed by atoms with Crippen LogP contribution in [0.1, 0.15) is 11.7 Å². The maximum absolute atomic E-state index is 11.3. The van der Waals surface area contributed by atoms with Gasteiger partial charge in [0.15, 0.2) is 0 Å². The molecule has 0 aliphatic carbocycles. The highest BCUT2D eigenvalue weighted by Gasteiger charge is 2.17. The van der Waals surface area contributed by atoms with Crippen molar-refractivity contribution in [3.8, 4) is 0 Å². The summed E-state index contributed by atoms with van der Waals surface area (Å²) in [5.41, 5.74) is 0.322. The van der Waals surface area contributed by atoms with Crippen LogP contribution in [0.4, 0.5) is 5.69 Å². The van der Waals surface area contributed by atoms with Crippen LogP contribution in [0.2, 0.25) is 5.02 Å². The molecule has 2 rings (SSSR count). The molecule has 0 saturated carbocycles. The van der Waals surface area contributed by atoms with Gasteiger partial charge in [-0.2, -0.15) is 0 Å². The highest BCUT2D eigenvalue weighted by molar-refractivity contribution is 6.35. The molecule has 1 heterocycles. The lowest BCUT2D eigenvalue weighted by atomic mass is 10.2. The average molecular weight is 239 g/mol. The van der Waals surface area contributed by atoms with Gasteiger partial charge in [0.25, 0.3) is 5.69 Å². The Hall–Kier alpha value is -1.88. The summed E-state index contributed by atoms with van der Waals surface area (Å²) >= 11 is 5.93. The molecule has 0 aliphatic heterocycles. The van der Waals surface area contributed by atoms with Gasteiger partial charge in [0.05, 0.1) is 20.8 Å². The molecule has 0 N–H and O–H groups in total. The molecule has 5 nitrogen and oxygen atoms in total. The quantitative estimate of drug-likeness (QED) is 0.567. The van der Waals surface area contributed by atoms with Crippen molar-refractivity contribution in [3.63, 3.8) is 0 Å². The van der Waals surface area contributed by atoms with Crippen LogP contribution >= 0.6 is 11.6 Å². The number of carbonyl (C=O) groups is 1. The van der Waals surface area contributed by atoms with Crippen molar-refractivity contribution in [2.45, 2.75) is 6.92 Å². The standard InChI is InChI=1S/C10H7ClN2O3/c1-6(14)12-5-4-7-9(13(15)16)3-2-8(11)10(7)12/h2-5H,1H3. The molecule has 82 valence electrons. The number of halogens is 1. The normalized spacial score (nSPS) is 10.6. The molecule has 0 unspecified atom stereocenters. The van der Waals surface area contributed by atoms with Gasteiger partial charge >= 0.3 is 0 Å². The molecular weight excluding hydrogens is 232 g/mol. The Kier molecular flexibility index (Phi) is 2.40. The second-order valence-electron chi connectivity index (χ2n) is 3.29. The number of nitrogens with zero attached hydrogens (tertiary/aromatic N) is 2. The fourth-order valence-electron chi connectivity index (χ4n) is 1.63. The molecule has 0 spiro atoms. The summed E-state index contributed by atoms with van der Waals surface area (Å²) in [7, 11) is 0. The fourth-order valence-corrected chi connectivity index (χ4v) is 1.88. The van der Waals surface area contributed by atoms with E-state index in [4.69, 9.17) is 11.6 Å². The zero-order valence-corrected chi connectivity index (χ0v) is 9.06. The van der Waals surface area contributed by atoms with Gasteiger partial charge in [0.2, 0.25) is 5.91 Å². The molecule has 2 aromatic rings. The number of non-ortho nitro benzene ring substituents is 1. The smallest absolute Gasteiger partial charge is 0.278 e. The van der Waals surface area contributed by atoms with E-state index in [9.17, 15) is 14.9 Å². The number of benzene rings is 1. The average Bonchev–Trinajstić information content (AvgIpc) is 2.62. The molecule has 0 bridgehead atoms. The maximum Gasteiger partial charge on any atom is 0.278 e. The number of rotatable bonds is 1. The zero-order chi connectivity index (χ0) is 11.9. The third-order valence-electron chi connectivity index (χ3n) is 2.31. The minimum absolute atomic E-state index is 0.0561. The van der Waals surface area contributed by atoms with E-state index in [0.717, 1.165) is 0 Å². The van der Waals surface area contributed by atoms with Gasteiger partial charge < -0.3 is 0 Å². The van der Waals surface area contributed by atoms with Gasteiger partial charge in [0.1, 0.15) is 0 Å². The molecule has 6 heteroatoms. The minimum Gasteiger partial charge on any atom is -0.286 e. The monoisotopic (exact) mass is 238 g/mol. The molecular formula is C10H7ClN2O3. The number of carbonyl (C=O) groups excluding carboxylic acids is 1. The Morgan fingerprint density at radius 2 is 2.12 bits per heavy atom. The Labute approximate surface area is 95.4 Å². The van der Waals surface area contributed by atoms with Crippen molar-refractivity contribution in [1.29, 1.82) is 0 Å². The summed E-state index contributed by atoms with van der Waals surface area (Å²) in [6, 6.07) is 4.26. The first kappa shape index (κ1) is 10.6. The van der Waals surface area contributed by atoms with Crippen LogP contribution in [-0.4, -0.2) is 15.4 Å². The lowest BCUT2D eigenvalue weighted by molar-refractivity contribution is -0.383. The van der Waals surface area contributed by atoms with Gasteiger partial charge in [-0.25, -0.2) is 0 Å². The molecule has 0 radical (unpaired) electrons. The SMILES string of the molecule is CC(=O)n1ccc2c([N+](=O)[O-])ccc(Cl)c21. The largest absolute Gasteiger partial charge is 0.286 e. The fraction of sp³-hybridized carbons (Fsp3) is 0.100. The second kappa shape index (κ2) is 3.61. The van der Waals surface area contributed by atoms with Gasteiger partial charge in [-0.1, -0.05) is 11.6 Å². The van der Waals surface area contributed by atoms with E-state index in [1.54, 1.807) is 0 Å². The predicted octanol–water partition coefficient (Wildman–Crippen LogP) is 2.86. The lowest BCUT2D eigenvalue weighted by Gasteiger charge is -2.01. The topological polar surface area (TPSA) is 65.1 Å². The van der Waals surface area contributed by atoms with Crippen LogP contribution in [0.15, 0.2) is 24.4 Å². The summed E-state index contributed by atoms with van der Waals surface area (Å²) in [6.07, 6.45) is 1.48. The molecule has 1 aromatic carbocycles. The summed E-state index contributed by atoms with van der Waals surface area (Å²) in [6.45, 7) is 1.37. The van der Waals surface area contributed by atoms with Crippen molar-refractivity contribution in [1.82, 2.24) is 4.57 Å². The third kappa shape index (κ3) is 1.45. The van der Waals surface area contributed by atoms with E-state index in [2.05, 4.69) is 0 Å². The number of aromatic nitrogens is 1. The van der Waals surface area contributed by atoms with E-state index in [0.29, 0.717) is 15.9 Å². The number of hydrogen-bond donors (Lipinski definition) is 0. The van der Waals surface area contributed by atoms with E-state index < -0.39 is 4.92 Å². The van der Waals surface area contributed by atoms with Crippen LogP contribution in [-0.2, 0) is 0 Å². The highest BCUT2D eigenvalue weighted by Crippen LogP contribution is 2.31. The molecule has 0 amide bonds. The van der Waals surface area contributed by atoms with Crippen molar-refractivity contribution < 1.29 is 9.72 Å². The Morgan fingerprint density at radius 1 is 1.44 bits per heavy atom. The Balaban J connectivity index is 2.88. The molecule has 0 aliphatic rings. The Morgan fingerprint density at radius 3 is 2.69 bits per heavy atom. The molecule has 1 aromatic heterocycles. The first-order valence-electron chi connectivity index (χ1n) is 4.47. The van der Waals surface area contributed by atoms with Gasteiger partial charge in [-0.15, -0.1) is 0 Å². The van der Waals surface area contributed by atoms with E-state index in [1.807, 2.05) is 0 Å². The predicted molar refractivity (Wildman–Crippen MR) is 59.9 cm³/mol. The van der Waals surface area contributed by atoms with E-state index in [-0.39, 0.29) is 11.6 Å². The van der Waals surface area contributed by atoms with Crippen molar-refractivity contribution in [3.05, 3.63) is 39.5 Å². The number of hydrogen-bond acceptors (Lipinski definition) is 3. The zero-order valence-electron chi connectivity index (χ0n) is 8.31. The van der Waals surface area contributed by atoms with Gasteiger partial charge in [0, 0.05) is 19.2 Å². The van der Waals surface area contributed by atoms with Crippen molar-refractivity contribution >= 4 is 34.1 Å². The Bertz CT molecular complexity index is 603. The first-order valence-corrected chi connectivity index (χ1v) is 4.85. The van der Waals surface area contributed by atoms with Gasteiger partial charge in [-0.05, 0) is 12.1 Å². The van der Waals surface area contributed by atoms with Crippen LogP contribution in [0, 0.1) is 10.1 Å². The van der Waals surface area contributed by atoms with Crippen LogP contribution in [0.3, 0.4) is 0 Å². The molecule has 0 fully saturated rings. The molecule has 0 atom stereocenters. The summed E-state index contributed by atoms with van der Waals surface area (Å²) in [5, 5.41) is 11.5.